The molecule has 1 N–H and O–H groups in total. The largest absolute Gasteiger partial charge is 0.493 e. The van der Waals surface area contributed by atoms with Crippen molar-refractivity contribution in [3.63, 3.8) is 0 Å². The second-order valence-electron chi connectivity index (χ2n) is 7.97. The number of amides is 1. The van der Waals surface area contributed by atoms with Gasteiger partial charge in [-0.2, -0.15) is 18.3 Å². The van der Waals surface area contributed by atoms with Crippen LogP contribution in [0.1, 0.15) is 27.7 Å². The summed E-state index contributed by atoms with van der Waals surface area (Å²) < 4.78 is 65.0. The summed E-state index contributed by atoms with van der Waals surface area (Å²) in [7, 11) is 1.34. The standard InChI is InChI=1S/C24H24F4N4O3/c1-34-21-15-32(19-7-3-5-17(13-19)24(26,27)28)30-22(21)23(33)29-14-20(31-8-10-35-11-9-31)16-4-2-6-18(25)12-16/h2-7,12-13,15,20H,8-11,14H2,1H3,(H,29,33). The van der Waals surface area contributed by atoms with Crippen LogP contribution < -0.4 is 10.1 Å². The third-order valence-corrected chi connectivity index (χ3v) is 5.73. The van der Waals surface area contributed by atoms with Crippen molar-refractivity contribution < 1.29 is 31.8 Å². The molecule has 1 aromatic heterocycles. The van der Waals surface area contributed by atoms with Gasteiger partial charge in [0, 0.05) is 19.6 Å². The molecule has 1 unspecified atom stereocenters. The van der Waals surface area contributed by atoms with E-state index >= 15 is 0 Å². The molecule has 1 atom stereocenters. The number of hydrogen-bond acceptors (Lipinski definition) is 5. The Morgan fingerprint density at radius 3 is 2.60 bits per heavy atom. The molecular weight excluding hydrogens is 468 g/mol. The zero-order valence-corrected chi connectivity index (χ0v) is 18.9. The lowest BCUT2D eigenvalue weighted by Gasteiger charge is -2.34. The minimum absolute atomic E-state index is 0.0788. The number of rotatable bonds is 7. The highest BCUT2D eigenvalue weighted by atomic mass is 19.4. The number of halogens is 4. The van der Waals surface area contributed by atoms with Gasteiger partial charge in [0.25, 0.3) is 5.91 Å². The van der Waals surface area contributed by atoms with Gasteiger partial charge in [0.15, 0.2) is 11.4 Å². The van der Waals surface area contributed by atoms with Crippen LogP contribution in [-0.4, -0.2) is 60.5 Å². The summed E-state index contributed by atoms with van der Waals surface area (Å²) in [4.78, 5) is 15.1. The lowest BCUT2D eigenvalue weighted by Crippen LogP contribution is -2.44. The second-order valence-corrected chi connectivity index (χ2v) is 7.97. The molecule has 35 heavy (non-hydrogen) atoms. The molecule has 7 nitrogen and oxygen atoms in total. The van der Waals surface area contributed by atoms with E-state index in [1.54, 1.807) is 12.1 Å². The van der Waals surface area contributed by atoms with Gasteiger partial charge >= 0.3 is 6.18 Å². The average Bonchev–Trinajstić information content (AvgIpc) is 3.29. The summed E-state index contributed by atoms with van der Waals surface area (Å²) >= 11 is 0. The first kappa shape index (κ1) is 24.7. The van der Waals surface area contributed by atoms with Crippen LogP contribution >= 0.6 is 0 Å². The van der Waals surface area contributed by atoms with E-state index in [0.717, 1.165) is 16.8 Å². The Morgan fingerprint density at radius 1 is 1.17 bits per heavy atom. The van der Waals surface area contributed by atoms with E-state index in [-0.39, 0.29) is 35.5 Å². The molecule has 2 heterocycles. The fraction of sp³-hybridized carbons (Fsp3) is 0.333. The number of aromatic nitrogens is 2. The number of nitrogens with one attached hydrogen (secondary N) is 1. The normalized spacial score (nSPS) is 15.6. The number of benzene rings is 2. The molecule has 1 amide bonds. The third-order valence-electron chi connectivity index (χ3n) is 5.73. The second kappa shape index (κ2) is 10.4. The number of nitrogens with zero attached hydrogens (tertiary/aromatic N) is 3. The number of carbonyl (C=O) groups is 1. The summed E-state index contributed by atoms with van der Waals surface area (Å²) in [5, 5.41) is 6.98. The SMILES string of the molecule is COc1cn(-c2cccc(C(F)(F)F)c2)nc1C(=O)NCC(c1cccc(F)c1)N1CCOCC1. The summed E-state index contributed by atoms with van der Waals surface area (Å²) in [5.41, 5.74) is -0.0828. The molecule has 0 saturated carbocycles. The Labute approximate surface area is 199 Å². The van der Waals surface area contributed by atoms with Crippen molar-refractivity contribution in [2.24, 2.45) is 0 Å². The molecule has 1 aliphatic heterocycles. The van der Waals surface area contributed by atoms with Crippen molar-refractivity contribution >= 4 is 5.91 Å². The van der Waals surface area contributed by atoms with E-state index in [1.165, 1.54) is 37.6 Å². The first-order chi connectivity index (χ1) is 16.8. The number of carbonyl (C=O) groups excluding carboxylic acids is 1. The van der Waals surface area contributed by atoms with Gasteiger partial charge in [-0.05, 0) is 35.9 Å². The maximum absolute atomic E-state index is 13.9. The predicted molar refractivity (Wildman–Crippen MR) is 119 cm³/mol. The molecule has 0 spiro atoms. The monoisotopic (exact) mass is 492 g/mol. The van der Waals surface area contributed by atoms with Crippen LogP contribution in [0.15, 0.2) is 54.7 Å². The van der Waals surface area contributed by atoms with E-state index in [0.29, 0.717) is 31.9 Å². The van der Waals surface area contributed by atoms with Crippen LogP contribution in [-0.2, 0) is 10.9 Å². The minimum Gasteiger partial charge on any atom is -0.493 e. The maximum atomic E-state index is 13.9. The summed E-state index contributed by atoms with van der Waals surface area (Å²) in [6.45, 7) is 2.43. The molecule has 11 heteroatoms. The molecule has 0 bridgehead atoms. The summed E-state index contributed by atoms with van der Waals surface area (Å²) in [5.74, 6) is -0.843. The number of morpholine rings is 1. The fourth-order valence-corrected chi connectivity index (χ4v) is 3.96. The summed E-state index contributed by atoms with van der Waals surface area (Å²) in [6, 6.07) is 10.5. The van der Waals surface area contributed by atoms with Gasteiger partial charge < -0.3 is 14.8 Å². The van der Waals surface area contributed by atoms with Crippen LogP contribution in [0.4, 0.5) is 17.6 Å². The van der Waals surface area contributed by atoms with E-state index < -0.39 is 17.6 Å². The van der Waals surface area contributed by atoms with Crippen LogP contribution in [0.2, 0.25) is 0 Å². The first-order valence-corrected chi connectivity index (χ1v) is 10.9. The van der Waals surface area contributed by atoms with Crippen LogP contribution in [0.25, 0.3) is 5.69 Å². The van der Waals surface area contributed by atoms with Gasteiger partial charge in [0.1, 0.15) is 5.82 Å². The van der Waals surface area contributed by atoms with Gasteiger partial charge in [-0.25, -0.2) is 9.07 Å². The van der Waals surface area contributed by atoms with Crippen molar-refractivity contribution in [3.05, 3.63) is 77.4 Å². The highest BCUT2D eigenvalue weighted by Gasteiger charge is 2.31. The Morgan fingerprint density at radius 2 is 1.91 bits per heavy atom. The van der Waals surface area contributed by atoms with E-state index in [4.69, 9.17) is 9.47 Å². The zero-order valence-electron chi connectivity index (χ0n) is 18.9. The predicted octanol–water partition coefficient (Wildman–Crippen LogP) is 3.84. The lowest BCUT2D eigenvalue weighted by molar-refractivity contribution is -0.137. The van der Waals surface area contributed by atoms with Gasteiger partial charge in [0.2, 0.25) is 0 Å². The summed E-state index contributed by atoms with van der Waals surface area (Å²) in [6.07, 6.45) is -3.17. The molecule has 186 valence electrons. The highest BCUT2D eigenvalue weighted by Crippen LogP contribution is 2.31. The van der Waals surface area contributed by atoms with Gasteiger partial charge in [0.05, 0.1) is 43.8 Å². The smallest absolute Gasteiger partial charge is 0.416 e. The van der Waals surface area contributed by atoms with E-state index in [9.17, 15) is 22.4 Å². The Balaban J connectivity index is 1.55. The van der Waals surface area contributed by atoms with Crippen LogP contribution in [0.3, 0.4) is 0 Å². The number of methoxy groups -OCH3 is 1. The molecule has 3 aromatic rings. The molecule has 4 rings (SSSR count). The quantitative estimate of drug-likeness (QED) is 0.508. The topological polar surface area (TPSA) is 68.6 Å². The molecule has 1 fully saturated rings. The molecule has 0 radical (unpaired) electrons. The molecule has 1 saturated heterocycles. The van der Waals surface area contributed by atoms with Gasteiger partial charge in [-0.1, -0.05) is 18.2 Å². The number of ether oxygens (including phenoxy) is 2. The van der Waals surface area contributed by atoms with Crippen molar-refractivity contribution in [2.75, 3.05) is 40.0 Å². The third kappa shape index (κ3) is 5.80. The molecule has 2 aromatic carbocycles. The number of alkyl halides is 3. The lowest BCUT2D eigenvalue weighted by atomic mass is 10.0. The van der Waals surface area contributed by atoms with E-state index in [1.807, 2.05) is 0 Å². The van der Waals surface area contributed by atoms with Crippen molar-refractivity contribution in [3.8, 4) is 11.4 Å². The Hall–Kier alpha value is -3.44. The Kier molecular flexibility index (Phi) is 7.37. The van der Waals surface area contributed by atoms with E-state index in [2.05, 4.69) is 15.3 Å². The molecular formula is C24H24F4N4O3. The molecule has 0 aliphatic carbocycles. The van der Waals surface area contributed by atoms with Gasteiger partial charge in [-0.15, -0.1) is 0 Å². The van der Waals surface area contributed by atoms with Crippen molar-refractivity contribution in [1.29, 1.82) is 0 Å². The fourth-order valence-electron chi connectivity index (χ4n) is 3.96. The molecule has 1 aliphatic rings. The average molecular weight is 492 g/mol. The van der Waals surface area contributed by atoms with Crippen molar-refractivity contribution in [1.82, 2.24) is 20.0 Å². The van der Waals surface area contributed by atoms with Crippen molar-refractivity contribution in [2.45, 2.75) is 12.2 Å². The van der Waals surface area contributed by atoms with Gasteiger partial charge in [-0.3, -0.25) is 9.69 Å². The minimum atomic E-state index is -4.52. The maximum Gasteiger partial charge on any atom is 0.416 e. The Bertz CT molecular complexity index is 1180. The zero-order chi connectivity index (χ0) is 25.0. The number of hydrogen-bond donors (Lipinski definition) is 1. The van der Waals surface area contributed by atoms with Crippen LogP contribution in [0, 0.1) is 5.82 Å². The first-order valence-electron chi connectivity index (χ1n) is 10.9. The van der Waals surface area contributed by atoms with Crippen LogP contribution in [0.5, 0.6) is 5.75 Å². The highest BCUT2D eigenvalue weighted by molar-refractivity contribution is 5.95.